The monoisotopic (exact) mass is 325 g/mol. The maximum absolute atomic E-state index is 12.9. The molecule has 0 saturated heterocycles. The molecule has 0 radical (unpaired) electrons. The predicted octanol–water partition coefficient (Wildman–Crippen LogP) is 4.24. The lowest BCUT2D eigenvalue weighted by molar-refractivity contribution is -0.145. The van der Waals surface area contributed by atoms with Crippen LogP contribution in [0.15, 0.2) is 39.9 Å². The van der Waals surface area contributed by atoms with E-state index in [1.165, 1.54) is 6.07 Å². The first-order valence-corrected chi connectivity index (χ1v) is 7.31. The maximum Gasteiger partial charge on any atom is 0.451 e. The van der Waals surface area contributed by atoms with Crippen LogP contribution in [0.25, 0.3) is 10.9 Å². The summed E-state index contributed by atoms with van der Waals surface area (Å²) in [6, 6.07) is 8.35. The lowest BCUT2D eigenvalue weighted by atomic mass is 10.2. The number of halogens is 3. The van der Waals surface area contributed by atoms with Gasteiger partial charge in [0.2, 0.25) is 5.82 Å². The second-order valence-corrected chi connectivity index (χ2v) is 5.55. The Morgan fingerprint density at radius 1 is 1.18 bits per heavy atom. The van der Waals surface area contributed by atoms with Crippen LogP contribution in [0, 0.1) is 6.92 Å². The van der Waals surface area contributed by atoms with E-state index in [0.29, 0.717) is 16.9 Å². The minimum absolute atomic E-state index is 0.265. The summed E-state index contributed by atoms with van der Waals surface area (Å²) in [6.45, 7) is 1.78. The van der Waals surface area contributed by atoms with Gasteiger partial charge < -0.3 is 4.52 Å². The molecule has 114 valence electrons. The summed E-state index contributed by atoms with van der Waals surface area (Å²) in [5.74, 6) is -0.208. The zero-order valence-electron chi connectivity index (χ0n) is 11.4. The second-order valence-electron chi connectivity index (χ2n) is 4.59. The number of aromatic nitrogens is 3. The van der Waals surface area contributed by atoms with E-state index in [2.05, 4.69) is 15.1 Å². The average Bonchev–Trinajstić information content (AvgIpc) is 2.89. The number of rotatable bonds is 3. The van der Waals surface area contributed by atoms with Crippen LogP contribution in [-0.4, -0.2) is 15.1 Å². The molecule has 4 nitrogen and oxygen atoms in total. The van der Waals surface area contributed by atoms with Crippen molar-refractivity contribution in [1.82, 2.24) is 15.1 Å². The van der Waals surface area contributed by atoms with E-state index in [0.717, 1.165) is 17.5 Å². The molecule has 0 aliphatic carbocycles. The highest BCUT2D eigenvalue weighted by molar-refractivity contribution is 7.98. The highest BCUT2D eigenvalue weighted by Crippen LogP contribution is 2.33. The SMILES string of the molecule is Cc1cc(CSc2nc(C(F)(F)F)nc3ccccc23)on1. The Bertz CT molecular complexity index is 816. The first-order chi connectivity index (χ1) is 10.4. The Balaban J connectivity index is 1.99. The molecule has 3 aromatic rings. The fourth-order valence-electron chi connectivity index (χ4n) is 1.91. The van der Waals surface area contributed by atoms with Crippen molar-refractivity contribution >= 4 is 22.7 Å². The van der Waals surface area contributed by atoms with Gasteiger partial charge >= 0.3 is 6.18 Å². The molecule has 3 rings (SSSR count). The van der Waals surface area contributed by atoms with Gasteiger partial charge in [0.15, 0.2) is 0 Å². The molecule has 22 heavy (non-hydrogen) atoms. The maximum atomic E-state index is 12.9. The van der Waals surface area contributed by atoms with Crippen molar-refractivity contribution in [2.75, 3.05) is 0 Å². The van der Waals surface area contributed by atoms with E-state index < -0.39 is 12.0 Å². The molecular weight excluding hydrogens is 315 g/mol. The summed E-state index contributed by atoms with van der Waals surface area (Å²) in [7, 11) is 0. The van der Waals surface area contributed by atoms with E-state index in [1.54, 1.807) is 31.2 Å². The molecule has 2 heterocycles. The molecule has 8 heteroatoms. The summed E-state index contributed by atoms with van der Waals surface area (Å²) in [5.41, 5.74) is 0.986. The molecule has 0 bridgehead atoms. The van der Waals surface area contributed by atoms with Crippen molar-refractivity contribution in [3.8, 4) is 0 Å². The van der Waals surface area contributed by atoms with Crippen molar-refractivity contribution in [2.24, 2.45) is 0 Å². The minimum Gasteiger partial charge on any atom is -0.360 e. The Morgan fingerprint density at radius 2 is 1.95 bits per heavy atom. The lowest BCUT2D eigenvalue weighted by Crippen LogP contribution is -2.11. The quantitative estimate of drug-likeness (QED) is 0.532. The standard InChI is InChI=1S/C14H10F3N3OS/c1-8-6-9(21-20-8)7-22-12-10-4-2-3-5-11(10)18-13(19-12)14(15,16)17/h2-6H,7H2,1H3. The van der Waals surface area contributed by atoms with Gasteiger partial charge in [0.05, 0.1) is 17.0 Å². The Kier molecular flexibility index (Phi) is 3.78. The molecule has 0 fully saturated rings. The van der Waals surface area contributed by atoms with Gasteiger partial charge in [-0.05, 0) is 13.0 Å². The number of thioether (sulfide) groups is 1. The number of aryl methyl sites for hydroxylation is 1. The summed E-state index contributed by atoms with van der Waals surface area (Å²) in [4.78, 5) is 7.24. The molecule has 0 aliphatic rings. The van der Waals surface area contributed by atoms with Crippen LogP contribution in [0.5, 0.6) is 0 Å². The van der Waals surface area contributed by atoms with Crippen LogP contribution < -0.4 is 0 Å². The average molecular weight is 325 g/mol. The van der Waals surface area contributed by atoms with Gasteiger partial charge in [0.25, 0.3) is 0 Å². The fraction of sp³-hybridized carbons (Fsp3) is 0.214. The molecular formula is C14H10F3N3OS. The van der Waals surface area contributed by atoms with Crippen molar-refractivity contribution < 1.29 is 17.7 Å². The van der Waals surface area contributed by atoms with Gasteiger partial charge in [0.1, 0.15) is 10.8 Å². The highest BCUT2D eigenvalue weighted by Gasteiger charge is 2.35. The Morgan fingerprint density at radius 3 is 2.64 bits per heavy atom. The largest absolute Gasteiger partial charge is 0.451 e. The number of hydrogen-bond donors (Lipinski definition) is 0. The topological polar surface area (TPSA) is 51.8 Å². The normalized spacial score (nSPS) is 12.0. The van der Waals surface area contributed by atoms with E-state index in [-0.39, 0.29) is 10.5 Å². The van der Waals surface area contributed by atoms with Crippen LogP contribution in [-0.2, 0) is 11.9 Å². The second kappa shape index (κ2) is 5.60. The number of nitrogens with zero attached hydrogens (tertiary/aromatic N) is 3. The third-order valence-electron chi connectivity index (χ3n) is 2.85. The fourth-order valence-corrected chi connectivity index (χ4v) is 2.80. The van der Waals surface area contributed by atoms with E-state index >= 15 is 0 Å². The van der Waals surface area contributed by atoms with Crippen LogP contribution >= 0.6 is 11.8 Å². The summed E-state index contributed by atoms with van der Waals surface area (Å²) in [6.07, 6.45) is -4.58. The van der Waals surface area contributed by atoms with Crippen molar-refractivity contribution in [1.29, 1.82) is 0 Å². The Labute approximate surface area is 127 Å². The summed E-state index contributed by atoms with van der Waals surface area (Å²) >= 11 is 1.16. The van der Waals surface area contributed by atoms with Crippen LogP contribution in [0.3, 0.4) is 0 Å². The zero-order valence-corrected chi connectivity index (χ0v) is 12.2. The van der Waals surface area contributed by atoms with Crippen molar-refractivity contribution in [3.63, 3.8) is 0 Å². The molecule has 1 aromatic carbocycles. The van der Waals surface area contributed by atoms with Gasteiger partial charge in [-0.2, -0.15) is 13.2 Å². The number of alkyl halides is 3. The number of benzene rings is 1. The van der Waals surface area contributed by atoms with Crippen LogP contribution in [0.1, 0.15) is 17.3 Å². The smallest absolute Gasteiger partial charge is 0.360 e. The molecule has 0 amide bonds. The minimum atomic E-state index is -4.58. The van der Waals surface area contributed by atoms with Crippen LogP contribution in [0.2, 0.25) is 0 Å². The Hall–Kier alpha value is -2.09. The van der Waals surface area contributed by atoms with E-state index in [1.807, 2.05) is 0 Å². The molecule has 0 atom stereocenters. The summed E-state index contributed by atoms with van der Waals surface area (Å²) in [5, 5.41) is 4.60. The van der Waals surface area contributed by atoms with Gasteiger partial charge in [-0.15, -0.1) is 0 Å². The molecule has 0 spiro atoms. The zero-order chi connectivity index (χ0) is 15.7. The van der Waals surface area contributed by atoms with Crippen molar-refractivity contribution in [3.05, 3.63) is 47.6 Å². The number of para-hydroxylation sites is 1. The third kappa shape index (κ3) is 3.06. The first-order valence-electron chi connectivity index (χ1n) is 6.32. The van der Waals surface area contributed by atoms with E-state index in [4.69, 9.17) is 4.52 Å². The molecule has 0 aliphatic heterocycles. The van der Waals surface area contributed by atoms with Crippen molar-refractivity contribution in [2.45, 2.75) is 23.9 Å². The molecule has 0 N–H and O–H groups in total. The predicted molar refractivity (Wildman–Crippen MR) is 75.3 cm³/mol. The van der Waals surface area contributed by atoms with Gasteiger partial charge in [0, 0.05) is 11.5 Å². The van der Waals surface area contributed by atoms with Crippen LogP contribution in [0.4, 0.5) is 13.2 Å². The van der Waals surface area contributed by atoms with Gasteiger partial charge in [-0.1, -0.05) is 35.1 Å². The summed E-state index contributed by atoms with van der Waals surface area (Å²) < 4.78 is 43.8. The lowest BCUT2D eigenvalue weighted by Gasteiger charge is -2.09. The highest BCUT2D eigenvalue weighted by atomic mass is 32.2. The van der Waals surface area contributed by atoms with Gasteiger partial charge in [-0.3, -0.25) is 0 Å². The molecule has 0 unspecified atom stereocenters. The molecule has 0 saturated carbocycles. The van der Waals surface area contributed by atoms with Gasteiger partial charge in [-0.25, -0.2) is 9.97 Å². The number of hydrogen-bond acceptors (Lipinski definition) is 5. The first kappa shape index (κ1) is 14.8. The third-order valence-corrected chi connectivity index (χ3v) is 3.86. The van der Waals surface area contributed by atoms with E-state index in [9.17, 15) is 13.2 Å². The molecule has 2 aromatic heterocycles. The number of fused-ring (bicyclic) bond motifs is 1.